The molecule has 2 heteroatoms. The van der Waals surface area contributed by atoms with Crippen LogP contribution in [0, 0.1) is 13.8 Å². The third-order valence-corrected chi connectivity index (χ3v) is 3.54. The zero-order valence-corrected chi connectivity index (χ0v) is 12.9. The molecular weight excluding hydrogens is 260 g/mol. The summed E-state index contributed by atoms with van der Waals surface area (Å²) in [6.45, 7) is 6.18. The van der Waals surface area contributed by atoms with Crippen molar-refractivity contribution in [1.29, 1.82) is 0 Å². The lowest BCUT2D eigenvalue weighted by molar-refractivity contribution is 0.112. The number of hydrogen-bond acceptors (Lipinski definition) is 2. The lowest BCUT2D eigenvalue weighted by Crippen LogP contribution is -1.95. The number of carbonyl (C=O) groups is 1. The Morgan fingerprint density at radius 3 is 2.19 bits per heavy atom. The predicted octanol–water partition coefficient (Wildman–Crippen LogP) is 4.82. The Labute approximate surface area is 126 Å². The molecule has 0 radical (unpaired) electrons. The molecule has 0 bridgehead atoms. The molecule has 0 saturated heterocycles. The number of aryl methyl sites for hydroxylation is 2. The van der Waals surface area contributed by atoms with Crippen LogP contribution >= 0.6 is 0 Å². The van der Waals surface area contributed by atoms with Crippen LogP contribution in [0.4, 0.5) is 0 Å². The predicted molar refractivity (Wildman–Crippen MR) is 88.0 cm³/mol. The highest BCUT2D eigenvalue weighted by Crippen LogP contribution is 2.36. The summed E-state index contributed by atoms with van der Waals surface area (Å²) < 4.78 is 5.46. The number of rotatable bonds is 4. The first-order valence-electron chi connectivity index (χ1n) is 6.98. The molecule has 2 nitrogen and oxygen atoms in total. The van der Waals surface area contributed by atoms with E-state index < -0.39 is 0 Å². The van der Waals surface area contributed by atoms with Crippen LogP contribution < -0.4 is 4.74 Å². The molecule has 0 unspecified atom stereocenters. The maximum atomic E-state index is 11.0. The SMILES string of the molecule is C/C=C/c1cc(C)c(-c2cc(C=O)ccc2OC)c(C)c1. The first-order valence-corrected chi connectivity index (χ1v) is 6.98. The standard InChI is InChI=1S/C19H20O2/c1-5-6-15-9-13(2)19(14(3)10-15)17-11-16(12-20)7-8-18(17)21-4/h5-12H,1-4H3/b6-5+. The third-order valence-electron chi connectivity index (χ3n) is 3.54. The van der Waals surface area contributed by atoms with Crippen molar-refractivity contribution in [2.24, 2.45) is 0 Å². The number of allylic oxidation sites excluding steroid dienone is 1. The number of ether oxygens (including phenoxy) is 1. The summed E-state index contributed by atoms with van der Waals surface area (Å²) in [6, 6.07) is 9.80. The molecule has 108 valence electrons. The van der Waals surface area contributed by atoms with Crippen LogP contribution in [0.3, 0.4) is 0 Å². The molecule has 0 heterocycles. The van der Waals surface area contributed by atoms with E-state index in [-0.39, 0.29) is 0 Å². The highest BCUT2D eigenvalue weighted by molar-refractivity contribution is 5.84. The molecule has 2 aromatic rings. The van der Waals surface area contributed by atoms with E-state index in [1.54, 1.807) is 13.2 Å². The van der Waals surface area contributed by atoms with Crippen molar-refractivity contribution < 1.29 is 9.53 Å². The Morgan fingerprint density at radius 2 is 1.67 bits per heavy atom. The topological polar surface area (TPSA) is 26.3 Å². The molecule has 2 aromatic carbocycles. The van der Waals surface area contributed by atoms with Gasteiger partial charge in [-0.1, -0.05) is 24.3 Å². The zero-order chi connectivity index (χ0) is 15.4. The van der Waals surface area contributed by atoms with Gasteiger partial charge in [-0.25, -0.2) is 0 Å². The minimum atomic E-state index is 0.655. The van der Waals surface area contributed by atoms with Gasteiger partial charge in [0.2, 0.25) is 0 Å². The highest BCUT2D eigenvalue weighted by atomic mass is 16.5. The number of hydrogen-bond donors (Lipinski definition) is 0. The first kappa shape index (κ1) is 15.0. The fraction of sp³-hybridized carbons (Fsp3) is 0.211. The summed E-state index contributed by atoms with van der Waals surface area (Å²) in [5.74, 6) is 0.783. The van der Waals surface area contributed by atoms with Crippen LogP contribution in [0.25, 0.3) is 17.2 Å². The highest BCUT2D eigenvalue weighted by Gasteiger charge is 2.12. The molecule has 0 aliphatic heterocycles. The van der Waals surface area contributed by atoms with Crippen LogP contribution in [0.15, 0.2) is 36.4 Å². The van der Waals surface area contributed by atoms with Crippen molar-refractivity contribution in [1.82, 2.24) is 0 Å². The summed E-state index contributed by atoms with van der Waals surface area (Å²) in [6.07, 6.45) is 4.98. The molecule has 0 amide bonds. The van der Waals surface area contributed by atoms with Gasteiger partial charge >= 0.3 is 0 Å². The van der Waals surface area contributed by atoms with Crippen LogP contribution in [-0.2, 0) is 0 Å². The quantitative estimate of drug-likeness (QED) is 0.750. The zero-order valence-electron chi connectivity index (χ0n) is 12.9. The van der Waals surface area contributed by atoms with Gasteiger partial charge < -0.3 is 4.74 Å². The Morgan fingerprint density at radius 1 is 1.00 bits per heavy atom. The summed E-state index contributed by atoms with van der Waals surface area (Å²) in [5.41, 5.74) is 6.27. The number of carbonyl (C=O) groups excluding carboxylic acids is 1. The summed E-state index contributed by atoms with van der Waals surface area (Å²) in [7, 11) is 1.65. The van der Waals surface area contributed by atoms with Gasteiger partial charge in [-0.3, -0.25) is 4.79 Å². The van der Waals surface area contributed by atoms with E-state index in [1.165, 1.54) is 16.7 Å². The van der Waals surface area contributed by atoms with Crippen molar-refractivity contribution in [3.8, 4) is 16.9 Å². The average molecular weight is 280 g/mol. The van der Waals surface area contributed by atoms with Gasteiger partial charge in [0.15, 0.2) is 0 Å². The van der Waals surface area contributed by atoms with E-state index in [9.17, 15) is 4.79 Å². The fourth-order valence-corrected chi connectivity index (χ4v) is 2.70. The number of methoxy groups -OCH3 is 1. The molecule has 0 atom stereocenters. The fourth-order valence-electron chi connectivity index (χ4n) is 2.70. The Bertz CT molecular complexity index is 674. The van der Waals surface area contributed by atoms with Crippen LogP contribution in [0.2, 0.25) is 0 Å². The number of benzene rings is 2. The second-order valence-electron chi connectivity index (χ2n) is 5.11. The summed E-state index contributed by atoms with van der Waals surface area (Å²) in [5, 5.41) is 0. The maximum Gasteiger partial charge on any atom is 0.150 e. The van der Waals surface area contributed by atoms with Crippen LogP contribution in [0.5, 0.6) is 5.75 Å². The molecule has 0 saturated carbocycles. The van der Waals surface area contributed by atoms with E-state index >= 15 is 0 Å². The van der Waals surface area contributed by atoms with Gasteiger partial charge in [-0.2, -0.15) is 0 Å². The lowest BCUT2D eigenvalue weighted by Gasteiger charge is -2.15. The molecule has 0 aromatic heterocycles. The van der Waals surface area contributed by atoms with E-state index in [4.69, 9.17) is 4.74 Å². The van der Waals surface area contributed by atoms with Gasteiger partial charge in [0.05, 0.1) is 7.11 Å². The van der Waals surface area contributed by atoms with Gasteiger partial charge in [-0.15, -0.1) is 0 Å². The second kappa shape index (κ2) is 6.40. The summed E-state index contributed by atoms with van der Waals surface area (Å²) in [4.78, 5) is 11.0. The monoisotopic (exact) mass is 280 g/mol. The molecule has 0 fully saturated rings. The molecule has 2 rings (SSSR count). The molecule has 21 heavy (non-hydrogen) atoms. The first-order chi connectivity index (χ1) is 10.1. The van der Waals surface area contributed by atoms with Gasteiger partial charge in [0.1, 0.15) is 12.0 Å². The van der Waals surface area contributed by atoms with Crippen molar-refractivity contribution in [3.63, 3.8) is 0 Å². The van der Waals surface area contributed by atoms with Crippen LogP contribution in [0.1, 0.15) is 34.0 Å². The van der Waals surface area contributed by atoms with Gasteiger partial charge in [0.25, 0.3) is 0 Å². The second-order valence-corrected chi connectivity index (χ2v) is 5.11. The lowest BCUT2D eigenvalue weighted by atomic mass is 9.92. The molecule has 0 aliphatic rings. The van der Waals surface area contributed by atoms with E-state index in [1.807, 2.05) is 25.1 Å². The van der Waals surface area contributed by atoms with E-state index in [2.05, 4.69) is 32.1 Å². The Balaban J connectivity index is 2.69. The van der Waals surface area contributed by atoms with Crippen molar-refractivity contribution in [2.45, 2.75) is 20.8 Å². The molecule has 0 spiro atoms. The van der Waals surface area contributed by atoms with Gasteiger partial charge in [-0.05, 0) is 61.2 Å². The van der Waals surface area contributed by atoms with Crippen LogP contribution in [-0.4, -0.2) is 13.4 Å². The maximum absolute atomic E-state index is 11.0. The van der Waals surface area contributed by atoms with Crippen molar-refractivity contribution in [3.05, 3.63) is 58.7 Å². The summed E-state index contributed by atoms with van der Waals surface area (Å²) >= 11 is 0. The molecule has 0 aliphatic carbocycles. The molecule has 0 N–H and O–H groups in total. The Hall–Kier alpha value is -2.35. The van der Waals surface area contributed by atoms with Crippen molar-refractivity contribution in [2.75, 3.05) is 7.11 Å². The van der Waals surface area contributed by atoms with Crippen molar-refractivity contribution >= 4 is 12.4 Å². The molecular formula is C19H20O2. The van der Waals surface area contributed by atoms with E-state index in [0.717, 1.165) is 23.2 Å². The normalized spacial score (nSPS) is 10.9. The smallest absolute Gasteiger partial charge is 0.150 e. The van der Waals surface area contributed by atoms with E-state index in [0.29, 0.717) is 5.56 Å². The Kier molecular flexibility index (Phi) is 4.59. The van der Waals surface area contributed by atoms with Gasteiger partial charge in [0, 0.05) is 11.1 Å². The minimum Gasteiger partial charge on any atom is -0.496 e. The minimum absolute atomic E-state index is 0.655. The largest absolute Gasteiger partial charge is 0.496 e. The third kappa shape index (κ3) is 3.05. The average Bonchev–Trinajstić information content (AvgIpc) is 2.46. The number of aldehydes is 1.